The van der Waals surface area contributed by atoms with E-state index in [1.807, 2.05) is 6.07 Å². The van der Waals surface area contributed by atoms with Gasteiger partial charge in [0.2, 0.25) is 0 Å². The third-order valence-electron chi connectivity index (χ3n) is 6.06. The monoisotopic (exact) mass is 515 g/mol. The number of aromatic nitrogens is 4. The smallest absolute Gasteiger partial charge is 0.413 e. The standard InChI is InChI=1S/C24H21F4N7O2/c1-23(2,24(26,27)28)35-21(30)16(9-29)20(34-35)14-6-4-12(19-17(14)11-32-33-19)10-31-22(36)15-8-13(25)5-7-18(15)37-3/h4-8,11H,10,30H2,1-3H3,(H,31,36)(H,32,33). The lowest BCUT2D eigenvalue weighted by Crippen LogP contribution is -2.43. The number of nitrogens with one attached hydrogen (secondary N) is 2. The van der Waals surface area contributed by atoms with Crippen LogP contribution >= 0.6 is 0 Å². The van der Waals surface area contributed by atoms with Crippen LogP contribution in [0.1, 0.15) is 35.3 Å². The Morgan fingerprint density at radius 1 is 1.27 bits per heavy atom. The van der Waals surface area contributed by atoms with E-state index in [0.29, 0.717) is 26.7 Å². The summed E-state index contributed by atoms with van der Waals surface area (Å²) in [5.41, 5.74) is 4.56. The van der Waals surface area contributed by atoms with Gasteiger partial charge in [0.15, 0.2) is 5.54 Å². The van der Waals surface area contributed by atoms with Gasteiger partial charge in [-0.05, 0) is 37.6 Å². The first kappa shape index (κ1) is 25.5. The van der Waals surface area contributed by atoms with Crippen LogP contribution in [0.4, 0.5) is 23.4 Å². The summed E-state index contributed by atoms with van der Waals surface area (Å²) >= 11 is 0. The number of carbonyl (C=O) groups excluding carboxylic acids is 1. The van der Waals surface area contributed by atoms with Crippen LogP contribution in [0.2, 0.25) is 0 Å². The molecule has 0 aliphatic heterocycles. The molecule has 0 saturated carbocycles. The van der Waals surface area contributed by atoms with Crippen LogP contribution < -0.4 is 15.8 Å². The molecule has 2 aromatic heterocycles. The number of alkyl halides is 3. The number of benzene rings is 2. The number of H-pyrrole nitrogens is 1. The minimum absolute atomic E-state index is 0.000264. The summed E-state index contributed by atoms with van der Waals surface area (Å²) in [6.45, 7) is 1.82. The maximum atomic E-state index is 13.7. The third-order valence-corrected chi connectivity index (χ3v) is 6.06. The van der Waals surface area contributed by atoms with Gasteiger partial charge in [-0.3, -0.25) is 9.89 Å². The van der Waals surface area contributed by atoms with Gasteiger partial charge in [0.25, 0.3) is 5.91 Å². The number of nitrogens with two attached hydrogens (primary N) is 1. The first-order valence-electron chi connectivity index (χ1n) is 10.8. The van der Waals surface area contributed by atoms with Gasteiger partial charge in [0.05, 0.1) is 24.4 Å². The van der Waals surface area contributed by atoms with E-state index in [2.05, 4.69) is 20.6 Å². The molecule has 2 aromatic carbocycles. The van der Waals surface area contributed by atoms with E-state index in [9.17, 15) is 27.6 Å². The number of hydrogen-bond acceptors (Lipinski definition) is 6. The van der Waals surface area contributed by atoms with Crippen LogP contribution in [0, 0.1) is 17.1 Å². The lowest BCUT2D eigenvalue weighted by molar-refractivity contribution is -0.205. The molecule has 0 fully saturated rings. The molecule has 1 amide bonds. The molecule has 0 unspecified atom stereocenters. The van der Waals surface area contributed by atoms with Crippen molar-refractivity contribution in [2.45, 2.75) is 32.1 Å². The van der Waals surface area contributed by atoms with Crippen molar-refractivity contribution in [3.05, 3.63) is 59.0 Å². The van der Waals surface area contributed by atoms with Crippen LogP contribution in [0.15, 0.2) is 36.5 Å². The number of rotatable bonds is 6. The van der Waals surface area contributed by atoms with E-state index in [0.717, 1.165) is 19.9 Å². The molecule has 37 heavy (non-hydrogen) atoms. The molecular weight excluding hydrogens is 494 g/mol. The topological polar surface area (TPSA) is 135 Å². The fourth-order valence-corrected chi connectivity index (χ4v) is 3.85. The van der Waals surface area contributed by atoms with E-state index in [1.165, 1.54) is 25.4 Å². The van der Waals surface area contributed by atoms with Crippen molar-refractivity contribution in [2.75, 3.05) is 12.8 Å². The quantitative estimate of drug-likeness (QED) is 0.329. The average molecular weight is 515 g/mol. The molecule has 0 bridgehead atoms. The highest BCUT2D eigenvalue weighted by Gasteiger charge is 2.51. The number of nitriles is 1. The zero-order valence-corrected chi connectivity index (χ0v) is 19.9. The summed E-state index contributed by atoms with van der Waals surface area (Å²) < 4.78 is 60.4. The number of carbonyl (C=O) groups is 1. The highest BCUT2D eigenvalue weighted by molar-refractivity contribution is 5.99. The van der Waals surface area contributed by atoms with E-state index < -0.39 is 29.3 Å². The van der Waals surface area contributed by atoms with Crippen molar-refractivity contribution < 1.29 is 27.1 Å². The van der Waals surface area contributed by atoms with Gasteiger partial charge in [-0.25, -0.2) is 9.07 Å². The molecule has 0 aliphatic rings. The van der Waals surface area contributed by atoms with Crippen molar-refractivity contribution in [3.63, 3.8) is 0 Å². The van der Waals surface area contributed by atoms with Crippen LogP contribution in [0.3, 0.4) is 0 Å². The number of hydrogen-bond donors (Lipinski definition) is 3. The van der Waals surface area contributed by atoms with Gasteiger partial charge in [0.1, 0.15) is 34.7 Å². The Hall–Kier alpha value is -4.60. The van der Waals surface area contributed by atoms with Gasteiger partial charge in [0, 0.05) is 17.5 Å². The normalized spacial score (nSPS) is 11.9. The predicted octanol–water partition coefficient (Wildman–Crippen LogP) is 4.26. The zero-order chi connectivity index (χ0) is 27.1. The van der Waals surface area contributed by atoms with Crippen molar-refractivity contribution in [3.8, 4) is 23.1 Å². The Balaban J connectivity index is 1.72. The predicted molar refractivity (Wildman–Crippen MR) is 126 cm³/mol. The fourth-order valence-electron chi connectivity index (χ4n) is 3.85. The summed E-state index contributed by atoms with van der Waals surface area (Å²) in [4.78, 5) is 12.7. The second kappa shape index (κ2) is 9.12. The average Bonchev–Trinajstić information content (AvgIpc) is 3.46. The number of nitrogen functional groups attached to an aromatic ring is 1. The van der Waals surface area contributed by atoms with Gasteiger partial charge in [-0.1, -0.05) is 12.1 Å². The summed E-state index contributed by atoms with van der Waals surface area (Å²) in [6.07, 6.45) is -3.26. The van der Waals surface area contributed by atoms with Gasteiger partial charge in [-0.15, -0.1) is 0 Å². The number of anilines is 1. The Bertz CT molecular complexity index is 1550. The first-order valence-corrected chi connectivity index (χ1v) is 10.8. The Morgan fingerprint density at radius 3 is 2.65 bits per heavy atom. The zero-order valence-electron chi connectivity index (χ0n) is 19.9. The minimum atomic E-state index is -4.69. The van der Waals surface area contributed by atoms with Gasteiger partial charge >= 0.3 is 6.18 Å². The van der Waals surface area contributed by atoms with Crippen LogP contribution in [0.25, 0.3) is 22.2 Å². The molecule has 4 N–H and O–H groups in total. The molecule has 0 radical (unpaired) electrons. The number of nitrogens with zero attached hydrogens (tertiary/aromatic N) is 4. The van der Waals surface area contributed by atoms with Crippen molar-refractivity contribution in [1.82, 2.24) is 25.3 Å². The minimum Gasteiger partial charge on any atom is -0.496 e. The second-order valence-corrected chi connectivity index (χ2v) is 8.65. The van der Waals surface area contributed by atoms with Gasteiger partial charge < -0.3 is 15.8 Å². The Labute approximate surface area is 207 Å². The lowest BCUT2D eigenvalue weighted by atomic mass is 10.0. The van der Waals surface area contributed by atoms with Gasteiger partial charge in [-0.2, -0.15) is 28.6 Å². The van der Waals surface area contributed by atoms with Crippen LogP contribution in [0.5, 0.6) is 5.75 Å². The molecule has 2 heterocycles. The highest BCUT2D eigenvalue weighted by atomic mass is 19.4. The van der Waals surface area contributed by atoms with Crippen LogP contribution in [-0.2, 0) is 12.1 Å². The number of amides is 1. The lowest BCUT2D eigenvalue weighted by Gasteiger charge is -2.28. The number of aromatic amines is 1. The van der Waals surface area contributed by atoms with Crippen molar-refractivity contribution >= 4 is 22.6 Å². The molecule has 4 rings (SSSR count). The maximum absolute atomic E-state index is 13.7. The molecule has 192 valence electrons. The SMILES string of the molecule is COc1ccc(F)cc1C(=O)NCc1ccc(-c2nn(C(C)(C)C(F)(F)F)c(N)c2C#N)c2cn[nH]c12. The Kier molecular flexibility index (Phi) is 6.29. The largest absolute Gasteiger partial charge is 0.496 e. The third kappa shape index (κ3) is 4.31. The Morgan fingerprint density at radius 2 is 2.00 bits per heavy atom. The number of methoxy groups -OCH3 is 1. The highest BCUT2D eigenvalue weighted by Crippen LogP contribution is 2.41. The molecular formula is C24H21F4N7O2. The second-order valence-electron chi connectivity index (χ2n) is 8.65. The molecule has 0 saturated heterocycles. The molecule has 0 atom stereocenters. The summed E-state index contributed by atoms with van der Waals surface area (Å²) in [5, 5.41) is 23.7. The molecule has 4 aromatic rings. The van der Waals surface area contributed by atoms with Crippen LogP contribution in [-0.4, -0.2) is 39.2 Å². The summed E-state index contributed by atoms with van der Waals surface area (Å²) in [5.74, 6) is -1.41. The molecule has 0 spiro atoms. The first-order chi connectivity index (χ1) is 17.4. The number of halogens is 4. The van der Waals surface area contributed by atoms with Crippen molar-refractivity contribution in [2.24, 2.45) is 0 Å². The number of ether oxygens (including phenoxy) is 1. The van der Waals surface area contributed by atoms with E-state index in [1.54, 1.807) is 12.1 Å². The fraction of sp³-hybridized carbons (Fsp3) is 0.250. The van der Waals surface area contributed by atoms with E-state index >= 15 is 0 Å². The summed E-state index contributed by atoms with van der Waals surface area (Å²) in [6, 6.07) is 8.56. The van der Waals surface area contributed by atoms with E-state index in [4.69, 9.17) is 10.5 Å². The molecule has 9 nitrogen and oxygen atoms in total. The maximum Gasteiger partial charge on any atom is 0.413 e. The number of fused-ring (bicyclic) bond motifs is 1. The molecule has 13 heteroatoms. The van der Waals surface area contributed by atoms with Crippen molar-refractivity contribution in [1.29, 1.82) is 5.26 Å². The van der Waals surface area contributed by atoms with E-state index in [-0.39, 0.29) is 29.1 Å². The summed E-state index contributed by atoms with van der Waals surface area (Å²) in [7, 11) is 1.36. The molecule has 0 aliphatic carbocycles.